The first-order chi connectivity index (χ1) is 28.5. The van der Waals surface area contributed by atoms with Gasteiger partial charge in [-0.05, 0) is 78.8 Å². The first kappa shape index (κ1) is 11.0. The number of imidazole rings is 1. The Morgan fingerprint density at radius 1 is 0.659 bits per heavy atom. The van der Waals surface area contributed by atoms with E-state index >= 15 is 0 Å². The minimum Gasteiger partial charge on any atom is -0.296 e. The van der Waals surface area contributed by atoms with Crippen LogP contribution < -0.4 is 0 Å². The van der Waals surface area contributed by atoms with Crippen molar-refractivity contribution in [2.75, 3.05) is 0 Å². The fourth-order valence-electron chi connectivity index (χ4n) is 5.31. The van der Waals surface area contributed by atoms with Gasteiger partial charge >= 0.3 is 0 Å². The van der Waals surface area contributed by atoms with Crippen LogP contribution in [0.3, 0.4) is 0 Å². The van der Waals surface area contributed by atoms with Gasteiger partial charge in [0.05, 0.1) is 31.6 Å². The maximum Gasteiger partial charge on any atom is 0.114 e. The number of fused-ring (bicyclic) bond motifs is 4. The lowest BCUT2D eigenvalue weighted by atomic mass is 9.85. The van der Waals surface area contributed by atoms with E-state index in [2.05, 4.69) is 4.98 Å². The molecule has 2 heteroatoms. The van der Waals surface area contributed by atoms with E-state index in [1.165, 1.54) is 28.8 Å². The molecular formula is C39H28N2. The van der Waals surface area contributed by atoms with E-state index in [1.54, 1.807) is 24.3 Å². The molecule has 0 saturated heterocycles. The summed E-state index contributed by atoms with van der Waals surface area (Å²) in [7, 11) is 0. The zero-order valence-corrected chi connectivity index (χ0v) is 21.0. The largest absolute Gasteiger partial charge is 0.296 e. The van der Waals surface area contributed by atoms with Crippen molar-refractivity contribution in [3.05, 3.63) is 145 Å². The Hall–Kier alpha value is -5.21. The first-order valence-electron chi connectivity index (χ1n) is 22.5. The van der Waals surface area contributed by atoms with Gasteiger partial charge in [-0.1, -0.05) is 122 Å². The summed E-state index contributed by atoms with van der Waals surface area (Å²) in [5.74, 6) is -0.436. The molecule has 0 spiro atoms. The van der Waals surface area contributed by atoms with Crippen LogP contribution in [-0.2, 0) is 6.37 Å². The van der Waals surface area contributed by atoms with E-state index < -0.39 is 142 Å². The van der Waals surface area contributed by atoms with Crippen molar-refractivity contribution >= 4 is 43.4 Å². The Morgan fingerprint density at radius 3 is 1.98 bits per heavy atom. The van der Waals surface area contributed by atoms with Gasteiger partial charge in [0, 0.05) is 18.9 Å². The van der Waals surface area contributed by atoms with Gasteiger partial charge in [0.15, 0.2) is 0 Å². The summed E-state index contributed by atoms with van der Waals surface area (Å²) in [6.07, 6.45) is -2.94. The summed E-state index contributed by atoms with van der Waals surface area (Å²) in [5.41, 5.74) is -0.121. The molecule has 0 unspecified atom stereocenters. The molecule has 0 radical (unpaired) electrons. The van der Waals surface area contributed by atoms with Crippen molar-refractivity contribution in [2.24, 2.45) is 0 Å². The van der Waals surface area contributed by atoms with Gasteiger partial charge < -0.3 is 0 Å². The Labute approximate surface area is 267 Å². The molecule has 0 aliphatic heterocycles. The van der Waals surface area contributed by atoms with E-state index in [1.807, 2.05) is 0 Å². The summed E-state index contributed by atoms with van der Waals surface area (Å²) in [4.78, 5) is 4.34. The predicted octanol–water partition coefficient (Wildman–Crippen LogP) is 10.4. The van der Waals surface area contributed by atoms with Crippen molar-refractivity contribution in [1.29, 1.82) is 0 Å². The summed E-state index contributed by atoms with van der Waals surface area (Å²) in [6.45, 7) is -3.14. The highest BCUT2D eigenvalue weighted by Crippen LogP contribution is 2.45. The van der Waals surface area contributed by atoms with Gasteiger partial charge in [-0.25, -0.2) is 4.98 Å². The minimum absolute atomic E-state index is 0.116. The monoisotopic (exact) mass is 544 g/mol. The fourth-order valence-corrected chi connectivity index (χ4v) is 5.31. The molecule has 0 fully saturated rings. The number of para-hydroxylation sites is 2. The van der Waals surface area contributed by atoms with Crippen LogP contribution in [0.2, 0.25) is 0 Å². The van der Waals surface area contributed by atoms with Crippen molar-refractivity contribution in [3.8, 4) is 27.9 Å². The number of hydrogen-bond donors (Lipinski definition) is 0. The summed E-state index contributed by atoms with van der Waals surface area (Å²) in [5, 5.41) is -2.40. The van der Waals surface area contributed by atoms with Gasteiger partial charge in [-0.3, -0.25) is 4.57 Å². The summed E-state index contributed by atoms with van der Waals surface area (Å²) >= 11 is 0. The molecule has 1 heterocycles. The summed E-state index contributed by atoms with van der Waals surface area (Å²) in [6, 6.07) is 0.991. The quantitative estimate of drug-likeness (QED) is 0.202. The van der Waals surface area contributed by atoms with Crippen LogP contribution >= 0.6 is 0 Å². The van der Waals surface area contributed by atoms with Crippen LogP contribution in [0.25, 0.3) is 71.3 Å². The molecule has 1 aromatic heterocycles. The fraction of sp³-hybridized carbons (Fsp3) is 0.0513. The molecule has 0 N–H and O–H groups in total. The van der Waals surface area contributed by atoms with E-state index in [-0.39, 0.29) is 33.1 Å². The minimum atomic E-state index is -3.14. The Kier molecular flexibility index (Phi) is 2.54. The zero-order chi connectivity index (χ0) is 44.7. The number of hydrogen-bond acceptors (Lipinski definition) is 1. The van der Waals surface area contributed by atoms with Crippen molar-refractivity contribution in [3.63, 3.8) is 0 Å². The zero-order valence-electron chi connectivity index (χ0n) is 41.0. The van der Waals surface area contributed by atoms with Gasteiger partial charge in [0.1, 0.15) is 5.82 Å². The van der Waals surface area contributed by atoms with E-state index in [0.29, 0.717) is 5.52 Å². The average molecular weight is 545 g/mol. The van der Waals surface area contributed by atoms with Gasteiger partial charge in [-0.15, -0.1) is 0 Å². The first-order valence-corrected chi connectivity index (χ1v) is 12.5. The van der Waals surface area contributed by atoms with Crippen LogP contribution in [0.5, 0.6) is 0 Å². The smallest absolute Gasteiger partial charge is 0.114 e. The van der Waals surface area contributed by atoms with Crippen molar-refractivity contribution in [1.82, 2.24) is 9.55 Å². The van der Waals surface area contributed by atoms with Crippen LogP contribution in [0, 0.1) is 0 Å². The van der Waals surface area contributed by atoms with Crippen LogP contribution in [0.1, 0.15) is 40.1 Å². The van der Waals surface area contributed by atoms with Gasteiger partial charge in [-0.2, -0.15) is 0 Å². The van der Waals surface area contributed by atoms with Crippen molar-refractivity contribution < 1.29 is 27.4 Å². The maximum absolute atomic E-state index is 9.28. The molecule has 2 nitrogen and oxygen atoms in total. The standard InChI is InChI=1S/C39H28N2/c1-2-37-40-35-20-9-10-21-36(35)41(37)28-24-22-27(23-25-28)38-31-15-5-7-17-33(31)39(34-18-8-6-16-32(34)38)30-19-11-13-26-12-3-4-14-29(26)30/h3-25H,2H2,1H3/i1D3,2D2,3D,4D,5D,6D,7D,8D,11D,12D,13D,14D,15D,16D,17D,18D,19D. The third-order valence-electron chi connectivity index (χ3n) is 7.02. The molecule has 0 atom stereocenters. The molecule has 0 aliphatic rings. The highest BCUT2D eigenvalue weighted by Gasteiger charge is 2.18. The molecule has 0 amide bonds. The maximum atomic E-state index is 9.28. The van der Waals surface area contributed by atoms with Gasteiger partial charge in [0.25, 0.3) is 0 Å². The molecule has 0 saturated carbocycles. The lowest BCUT2D eigenvalue weighted by Gasteiger charge is -2.19. The topological polar surface area (TPSA) is 17.8 Å². The highest BCUT2D eigenvalue weighted by molar-refractivity contribution is 6.23. The molecule has 8 rings (SSSR count). The molecule has 41 heavy (non-hydrogen) atoms. The Morgan fingerprint density at radius 2 is 1.27 bits per heavy atom. The molecule has 7 aromatic carbocycles. The van der Waals surface area contributed by atoms with E-state index in [4.69, 9.17) is 20.6 Å². The van der Waals surface area contributed by atoms with E-state index in [0.717, 1.165) is 0 Å². The highest BCUT2D eigenvalue weighted by atomic mass is 15.1. The third kappa shape index (κ3) is 3.68. The lowest BCUT2D eigenvalue weighted by Crippen LogP contribution is -2.00. The molecule has 0 aliphatic carbocycles. The van der Waals surface area contributed by atoms with Crippen LogP contribution in [0.15, 0.2) is 139 Å². The normalized spacial score (nSPS) is 19.2. The second kappa shape index (κ2) is 9.46. The third-order valence-corrected chi connectivity index (χ3v) is 7.02. The number of aryl methyl sites for hydroxylation is 1. The van der Waals surface area contributed by atoms with E-state index in [9.17, 15) is 6.85 Å². The van der Waals surface area contributed by atoms with Crippen LogP contribution in [-0.4, -0.2) is 9.55 Å². The van der Waals surface area contributed by atoms with Crippen LogP contribution in [0.4, 0.5) is 0 Å². The number of benzene rings is 7. The molecule has 0 bridgehead atoms. The second-order valence-corrected chi connectivity index (χ2v) is 9.18. The Balaban J connectivity index is 1.59. The van der Waals surface area contributed by atoms with Gasteiger partial charge in [0.2, 0.25) is 0 Å². The number of nitrogens with zero attached hydrogens (tertiary/aromatic N) is 2. The number of aromatic nitrogens is 2. The number of rotatable bonds is 4. The second-order valence-electron chi connectivity index (χ2n) is 9.18. The summed E-state index contributed by atoms with van der Waals surface area (Å²) < 4.78 is 176. The lowest BCUT2D eigenvalue weighted by molar-refractivity contribution is 0.908. The average Bonchev–Trinajstić information content (AvgIpc) is 3.63. The Bertz CT molecular complexity index is 3170. The SMILES string of the molecule is [2H]c1c([2H])c([2H])c2c(-c3c4c([2H])c([2H])c([2H])c([2H])c4c(-c4ccc(-n5c(C([2H])([2H])C([2H])([2H])[2H])nc6ccccc65)cc4)c4c([2H])c([2H])c([2H])c([2H])c34)c([2H])c([2H])c([2H])c2c1[2H]. The predicted molar refractivity (Wildman–Crippen MR) is 174 cm³/mol. The molecular weight excluding hydrogens is 496 g/mol. The van der Waals surface area contributed by atoms with Crippen molar-refractivity contribution in [2.45, 2.75) is 13.2 Å². The molecule has 8 aromatic rings. The molecule has 194 valence electrons.